The van der Waals surface area contributed by atoms with Gasteiger partial charge in [0.25, 0.3) is 5.91 Å². The summed E-state index contributed by atoms with van der Waals surface area (Å²) < 4.78 is 0. The molecule has 132 valence electrons. The van der Waals surface area contributed by atoms with Crippen LogP contribution in [0.2, 0.25) is 0 Å². The summed E-state index contributed by atoms with van der Waals surface area (Å²) in [5.41, 5.74) is 0. The monoisotopic (exact) mass is 353 g/mol. The molecule has 0 atom stereocenters. The largest absolute Gasteiger partial charge is 0.480 e. The molecule has 2 N–H and O–H groups in total. The molecule has 0 aromatic carbocycles. The summed E-state index contributed by atoms with van der Waals surface area (Å²) in [6.45, 7) is 2.65. The summed E-state index contributed by atoms with van der Waals surface area (Å²) in [6, 6.07) is 3.79. The van der Waals surface area contributed by atoms with Crippen LogP contribution in [0.25, 0.3) is 0 Å². The number of rotatable bonds is 8. The van der Waals surface area contributed by atoms with Crippen molar-refractivity contribution in [1.29, 1.82) is 0 Å². The van der Waals surface area contributed by atoms with Crippen molar-refractivity contribution in [3.05, 3.63) is 22.4 Å². The summed E-state index contributed by atoms with van der Waals surface area (Å²) in [5.74, 6) is -1.18. The van der Waals surface area contributed by atoms with Crippen molar-refractivity contribution in [3.8, 4) is 0 Å². The molecule has 8 heteroatoms. The van der Waals surface area contributed by atoms with Crippen LogP contribution in [-0.2, 0) is 9.59 Å². The molecule has 1 heterocycles. The Morgan fingerprint density at radius 1 is 1.33 bits per heavy atom. The number of hydrogen-bond donors (Lipinski definition) is 2. The first-order valence-electron chi connectivity index (χ1n) is 7.94. The molecule has 1 fully saturated rings. The lowest BCUT2D eigenvalue weighted by Crippen LogP contribution is -2.56. The van der Waals surface area contributed by atoms with Crippen LogP contribution in [0.1, 0.15) is 29.4 Å². The second-order valence-electron chi connectivity index (χ2n) is 5.99. The summed E-state index contributed by atoms with van der Waals surface area (Å²) in [4.78, 5) is 38.9. The molecule has 0 aliphatic heterocycles. The molecule has 1 aromatic rings. The Kier molecular flexibility index (Phi) is 6.33. The molecular formula is C16H23N3O4S. The van der Waals surface area contributed by atoms with E-state index in [2.05, 4.69) is 5.32 Å². The molecule has 24 heavy (non-hydrogen) atoms. The van der Waals surface area contributed by atoms with Crippen LogP contribution in [0.4, 0.5) is 0 Å². The van der Waals surface area contributed by atoms with Crippen LogP contribution >= 0.6 is 11.3 Å². The van der Waals surface area contributed by atoms with Gasteiger partial charge >= 0.3 is 5.97 Å². The number of carbonyl (C=O) groups is 3. The smallest absolute Gasteiger partial charge is 0.317 e. The molecule has 0 unspecified atom stereocenters. The van der Waals surface area contributed by atoms with Gasteiger partial charge in [-0.1, -0.05) is 13.0 Å². The fraction of sp³-hybridized carbons (Fsp3) is 0.562. The molecular weight excluding hydrogens is 330 g/mol. The van der Waals surface area contributed by atoms with Gasteiger partial charge in [-0.25, -0.2) is 0 Å². The van der Waals surface area contributed by atoms with Gasteiger partial charge in [-0.15, -0.1) is 11.3 Å². The second kappa shape index (κ2) is 8.25. The zero-order valence-electron chi connectivity index (χ0n) is 13.9. The quantitative estimate of drug-likeness (QED) is 0.724. The third kappa shape index (κ3) is 4.78. The summed E-state index contributed by atoms with van der Waals surface area (Å²) in [5, 5.41) is 13.6. The fourth-order valence-electron chi connectivity index (χ4n) is 2.83. The predicted molar refractivity (Wildman–Crippen MR) is 91.1 cm³/mol. The number of nitrogens with one attached hydrogen (secondary N) is 1. The summed E-state index contributed by atoms with van der Waals surface area (Å²) in [7, 11) is 1.61. The lowest BCUT2D eigenvalue weighted by Gasteiger charge is -2.42. The van der Waals surface area contributed by atoms with Gasteiger partial charge in [0.1, 0.15) is 0 Å². The minimum atomic E-state index is -0.835. The van der Waals surface area contributed by atoms with E-state index < -0.39 is 5.97 Å². The maximum absolute atomic E-state index is 12.1. The third-order valence-corrected chi connectivity index (χ3v) is 5.06. The Morgan fingerprint density at radius 3 is 2.58 bits per heavy atom. The lowest BCUT2D eigenvalue weighted by molar-refractivity contribution is -0.139. The number of carboxylic acid groups (broad SMARTS) is 1. The topological polar surface area (TPSA) is 90.0 Å². The van der Waals surface area contributed by atoms with E-state index >= 15 is 0 Å². The highest BCUT2D eigenvalue weighted by atomic mass is 32.1. The van der Waals surface area contributed by atoms with Crippen molar-refractivity contribution in [1.82, 2.24) is 15.1 Å². The van der Waals surface area contributed by atoms with Crippen LogP contribution < -0.4 is 5.32 Å². The molecule has 2 amide bonds. The molecule has 0 bridgehead atoms. The van der Waals surface area contributed by atoms with E-state index in [4.69, 9.17) is 5.11 Å². The minimum absolute atomic E-state index is 0.0184. The fourth-order valence-corrected chi connectivity index (χ4v) is 3.54. The van der Waals surface area contributed by atoms with Gasteiger partial charge in [0.2, 0.25) is 5.91 Å². The Hall–Kier alpha value is -1.93. The Morgan fingerprint density at radius 2 is 2.04 bits per heavy atom. The van der Waals surface area contributed by atoms with Crippen LogP contribution in [0.5, 0.6) is 0 Å². The zero-order chi connectivity index (χ0) is 17.7. The highest BCUT2D eigenvalue weighted by Gasteiger charge is 2.34. The first-order valence-corrected chi connectivity index (χ1v) is 8.82. The van der Waals surface area contributed by atoms with Crippen LogP contribution in [0.15, 0.2) is 17.5 Å². The van der Waals surface area contributed by atoms with E-state index in [1.54, 1.807) is 19.2 Å². The molecule has 1 saturated carbocycles. The van der Waals surface area contributed by atoms with Gasteiger partial charge in [0.05, 0.1) is 18.0 Å². The minimum Gasteiger partial charge on any atom is -0.480 e. The maximum atomic E-state index is 12.1. The number of carboxylic acids is 1. The molecule has 0 saturated heterocycles. The number of hydrogen-bond acceptors (Lipinski definition) is 5. The standard InChI is InChI=1S/C16H23N3O4S/c1-3-19(10-15(21)22)12-7-11(8-12)17-14(20)9-18(2)16(23)13-5-4-6-24-13/h4-6,11-12H,3,7-10H2,1-2H3,(H,17,20)(H,21,22). The second-order valence-corrected chi connectivity index (χ2v) is 6.93. The van der Waals surface area contributed by atoms with Gasteiger partial charge < -0.3 is 15.3 Å². The van der Waals surface area contributed by atoms with E-state index in [1.165, 1.54) is 16.2 Å². The molecule has 1 aliphatic carbocycles. The normalized spacial score (nSPS) is 19.6. The maximum Gasteiger partial charge on any atom is 0.317 e. The van der Waals surface area contributed by atoms with Crippen molar-refractivity contribution in [2.75, 3.05) is 26.7 Å². The number of aliphatic carboxylic acids is 1. The number of amides is 2. The first kappa shape index (κ1) is 18.4. The molecule has 2 rings (SSSR count). The van der Waals surface area contributed by atoms with Gasteiger partial charge in [-0.3, -0.25) is 19.3 Å². The average molecular weight is 353 g/mol. The van der Waals surface area contributed by atoms with Gasteiger partial charge in [-0.2, -0.15) is 0 Å². The van der Waals surface area contributed by atoms with Crippen LogP contribution in [0.3, 0.4) is 0 Å². The van der Waals surface area contributed by atoms with Crippen molar-refractivity contribution in [2.24, 2.45) is 0 Å². The number of likely N-dealkylation sites (N-methyl/N-ethyl adjacent to an activating group) is 2. The van der Waals surface area contributed by atoms with Crippen molar-refractivity contribution in [2.45, 2.75) is 31.8 Å². The van der Waals surface area contributed by atoms with Crippen LogP contribution in [-0.4, -0.2) is 71.5 Å². The van der Waals surface area contributed by atoms with Gasteiger partial charge in [0, 0.05) is 19.1 Å². The molecule has 0 radical (unpaired) electrons. The van der Waals surface area contributed by atoms with Crippen molar-refractivity contribution >= 4 is 29.1 Å². The van der Waals surface area contributed by atoms with Crippen molar-refractivity contribution < 1.29 is 19.5 Å². The molecule has 1 aromatic heterocycles. The van der Waals surface area contributed by atoms with E-state index in [1.807, 2.05) is 17.2 Å². The Bertz CT molecular complexity index is 584. The van der Waals surface area contributed by atoms with E-state index in [0.29, 0.717) is 11.4 Å². The molecule has 1 aliphatic rings. The highest BCUT2D eigenvalue weighted by molar-refractivity contribution is 7.12. The molecule has 0 spiro atoms. The number of thiophene rings is 1. The summed E-state index contributed by atoms with van der Waals surface area (Å²) in [6.07, 6.45) is 1.49. The Labute approximate surface area is 145 Å². The highest BCUT2D eigenvalue weighted by Crippen LogP contribution is 2.25. The number of nitrogens with zero attached hydrogens (tertiary/aromatic N) is 2. The predicted octanol–water partition coefficient (Wildman–Crippen LogP) is 0.874. The van der Waals surface area contributed by atoms with Gasteiger partial charge in [-0.05, 0) is 30.8 Å². The zero-order valence-corrected chi connectivity index (χ0v) is 14.7. The van der Waals surface area contributed by atoms with E-state index in [9.17, 15) is 14.4 Å². The van der Waals surface area contributed by atoms with Crippen LogP contribution in [0, 0.1) is 0 Å². The summed E-state index contributed by atoms with van der Waals surface area (Å²) >= 11 is 1.35. The molecule has 7 nitrogen and oxygen atoms in total. The van der Waals surface area contributed by atoms with E-state index in [-0.39, 0.29) is 37.0 Å². The van der Waals surface area contributed by atoms with Crippen molar-refractivity contribution in [3.63, 3.8) is 0 Å². The lowest BCUT2D eigenvalue weighted by atomic mass is 9.85. The van der Waals surface area contributed by atoms with Gasteiger partial charge in [0.15, 0.2) is 0 Å². The Balaban J connectivity index is 1.72. The first-order chi connectivity index (χ1) is 11.4. The van der Waals surface area contributed by atoms with E-state index in [0.717, 1.165) is 12.8 Å². The third-order valence-electron chi connectivity index (χ3n) is 4.20. The number of carbonyl (C=O) groups excluding carboxylic acids is 2. The average Bonchev–Trinajstić information content (AvgIpc) is 3.01. The SMILES string of the molecule is CCN(CC(=O)O)C1CC(NC(=O)CN(C)C(=O)c2cccs2)C1.